The van der Waals surface area contributed by atoms with E-state index in [1.807, 2.05) is 0 Å². The molecule has 2 saturated carbocycles. The molecule has 1 heterocycles. The minimum atomic E-state index is -0.397. The zero-order valence-corrected chi connectivity index (χ0v) is 6.06. The Balaban J connectivity index is 2.05. The van der Waals surface area contributed by atoms with E-state index in [1.165, 1.54) is 0 Å². The van der Waals surface area contributed by atoms with Crippen LogP contribution in [0.3, 0.4) is 0 Å². The summed E-state index contributed by atoms with van der Waals surface area (Å²) in [6.45, 7) is 0. The molecule has 2 bridgehead atoms. The first-order chi connectivity index (χ1) is 5.27. The fourth-order valence-corrected chi connectivity index (χ4v) is 2.95. The summed E-state index contributed by atoms with van der Waals surface area (Å²) in [4.78, 5) is 11.1. The molecule has 1 N–H and O–H groups in total. The molecule has 0 radical (unpaired) electrons. The number of esters is 1. The maximum atomic E-state index is 11.1. The van der Waals surface area contributed by atoms with Gasteiger partial charge in [0.05, 0.1) is 12.0 Å². The molecule has 1 saturated heterocycles. The van der Waals surface area contributed by atoms with Gasteiger partial charge in [-0.1, -0.05) is 0 Å². The summed E-state index contributed by atoms with van der Waals surface area (Å²) in [5.41, 5.74) is 0. The SMILES string of the molecule is O=C1O[C@@H]2C[C@H]3C[C@@H]2[C@@H]1[C@H]3O. The van der Waals surface area contributed by atoms with Crippen molar-refractivity contribution in [3.8, 4) is 0 Å². The Bertz CT molecular complexity index is 223. The lowest BCUT2D eigenvalue weighted by Crippen LogP contribution is -2.30. The van der Waals surface area contributed by atoms with Crippen molar-refractivity contribution >= 4 is 5.97 Å². The molecule has 0 aromatic heterocycles. The fraction of sp³-hybridized carbons (Fsp3) is 0.875. The lowest BCUT2D eigenvalue weighted by Gasteiger charge is -2.18. The summed E-state index contributed by atoms with van der Waals surface area (Å²) < 4.78 is 5.11. The molecule has 2 aliphatic carbocycles. The van der Waals surface area contributed by atoms with Gasteiger partial charge in [-0.05, 0) is 18.8 Å². The van der Waals surface area contributed by atoms with Gasteiger partial charge < -0.3 is 9.84 Å². The summed E-state index contributed by atoms with van der Waals surface area (Å²) in [5, 5.41) is 9.58. The van der Waals surface area contributed by atoms with E-state index in [-0.39, 0.29) is 18.0 Å². The number of ether oxygens (including phenoxy) is 1. The lowest BCUT2D eigenvalue weighted by atomic mass is 9.87. The number of carbonyl (C=O) groups excluding carboxylic acids is 1. The molecule has 5 atom stereocenters. The van der Waals surface area contributed by atoms with Gasteiger partial charge in [0.2, 0.25) is 0 Å². The van der Waals surface area contributed by atoms with Crippen molar-refractivity contribution in [2.45, 2.75) is 25.0 Å². The number of carbonyl (C=O) groups is 1. The van der Waals surface area contributed by atoms with Gasteiger partial charge in [0.15, 0.2) is 0 Å². The van der Waals surface area contributed by atoms with Gasteiger partial charge in [0.1, 0.15) is 6.10 Å². The van der Waals surface area contributed by atoms with Gasteiger partial charge in [-0.25, -0.2) is 0 Å². The van der Waals surface area contributed by atoms with Crippen molar-refractivity contribution in [2.75, 3.05) is 0 Å². The second kappa shape index (κ2) is 1.61. The Morgan fingerprint density at radius 3 is 2.91 bits per heavy atom. The van der Waals surface area contributed by atoms with E-state index in [4.69, 9.17) is 4.74 Å². The minimum absolute atomic E-state index is 0.154. The summed E-state index contributed by atoms with van der Waals surface area (Å²) in [6, 6.07) is 0. The summed E-state index contributed by atoms with van der Waals surface area (Å²) in [5.74, 6) is 0.371. The fourth-order valence-electron chi connectivity index (χ4n) is 2.95. The molecule has 0 aromatic rings. The smallest absolute Gasteiger partial charge is 0.312 e. The Morgan fingerprint density at radius 2 is 2.27 bits per heavy atom. The van der Waals surface area contributed by atoms with Crippen LogP contribution < -0.4 is 0 Å². The number of aliphatic hydroxyl groups is 1. The van der Waals surface area contributed by atoms with Crippen LogP contribution in [-0.4, -0.2) is 23.3 Å². The quantitative estimate of drug-likeness (QED) is 0.497. The molecule has 3 aliphatic rings. The van der Waals surface area contributed by atoms with Gasteiger partial charge >= 0.3 is 5.97 Å². The highest BCUT2D eigenvalue weighted by Gasteiger charge is 2.61. The maximum Gasteiger partial charge on any atom is 0.312 e. The van der Waals surface area contributed by atoms with Gasteiger partial charge in [-0.3, -0.25) is 4.79 Å². The Hall–Kier alpha value is -0.570. The first kappa shape index (κ1) is 6.00. The number of fused-ring (bicyclic) bond motifs is 1. The van der Waals surface area contributed by atoms with E-state index in [2.05, 4.69) is 0 Å². The highest BCUT2D eigenvalue weighted by molar-refractivity contribution is 5.77. The molecule has 60 valence electrons. The van der Waals surface area contributed by atoms with Crippen molar-refractivity contribution in [1.29, 1.82) is 0 Å². The van der Waals surface area contributed by atoms with E-state index >= 15 is 0 Å². The van der Waals surface area contributed by atoms with E-state index < -0.39 is 6.10 Å². The monoisotopic (exact) mass is 154 g/mol. The lowest BCUT2D eigenvalue weighted by molar-refractivity contribution is -0.144. The second-order valence-corrected chi connectivity index (χ2v) is 3.89. The summed E-state index contributed by atoms with van der Waals surface area (Å²) >= 11 is 0. The van der Waals surface area contributed by atoms with E-state index in [0.29, 0.717) is 11.8 Å². The molecule has 0 unspecified atom stereocenters. The molecular weight excluding hydrogens is 144 g/mol. The van der Waals surface area contributed by atoms with Crippen LogP contribution in [0.25, 0.3) is 0 Å². The van der Waals surface area contributed by atoms with Crippen LogP contribution in [0, 0.1) is 17.8 Å². The molecular formula is C8H10O3. The third kappa shape index (κ3) is 0.527. The second-order valence-electron chi connectivity index (χ2n) is 3.89. The van der Waals surface area contributed by atoms with Crippen molar-refractivity contribution in [3.63, 3.8) is 0 Å². The third-order valence-electron chi connectivity index (χ3n) is 3.44. The standard InChI is InChI=1S/C8H10O3/c9-7-3-1-4-5(2-3)11-8(10)6(4)7/h3-7,9H,1-2H2/t3-,4+,5-,6-,7+/m1/s1. The van der Waals surface area contributed by atoms with E-state index in [0.717, 1.165) is 12.8 Å². The minimum Gasteiger partial charge on any atom is -0.462 e. The van der Waals surface area contributed by atoms with Crippen LogP contribution >= 0.6 is 0 Å². The van der Waals surface area contributed by atoms with Crippen molar-refractivity contribution < 1.29 is 14.6 Å². The number of aliphatic hydroxyl groups excluding tert-OH is 1. The van der Waals surface area contributed by atoms with Crippen LogP contribution in [0.2, 0.25) is 0 Å². The van der Waals surface area contributed by atoms with Crippen molar-refractivity contribution in [3.05, 3.63) is 0 Å². The average Bonchev–Trinajstić information content (AvgIpc) is 2.47. The van der Waals surface area contributed by atoms with Crippen molar-refractivity contribution in [1.82, 2.24) is 0 Å². The van der Waals surface area contributed by atoms with Crippen molar-refractivity contribution in [2.24, 2.45) is 17.8 Å². The predicted molar refractivity (Wildman–Crippen MR) is 35.6 cm³/mol. The highest BCUT2D eigenvalue weighted by atomic mass is 16.6. The largest absolute Gasteiger partial charge is 0.462 e. The van der Waals surface area contributed by atoms with Gasteiger partial charge in [0.25, 0.3) is 0 Å². The maximum absolute atomic E-state index is 11.1. The molecule has 3 nitrogen and oxygen atoms in total. The van der Waals surface area contributed by atoms with Crippen LogP contribution in [0.15, 0.2) is 0 Å². The number of hydrogen-bond acceptors (Lipinski definition) is 3. The number of rotatable bonds is 0. The molecule has 3 fully saturated rings. The molecule has 1 aliphatic heterocycles. The summed E-state index contributed by atoms with van der Waals surface area (Å²) in [6.07, 6.45) is 1.66. The summed E-state index contributed by atoms with van der Waals surface area (Å²) in [7, 11) is 0. The Labute approximate surface area is 64.3 Å². The zero-order chi connectivity index (χ0) is 7.59. The molecule has 11 heavy (non-hydrogen) atoms. The van der Waals surface area contributed by atoms with Crippen LogP contribution in [0.1, 0.15) is 12.8 Å². The molecule has 0 spiro atoms. The van der Waals surface area contributed by atoms with E-state index in [9.17, 15) is 9.90 Å². The normalized spacial score (nSPS) is 58.6. The van der Waals surface area contributed by atoms with Crippen LogP contribution in [-0.2, 0) is 9.53 Å². The van der Waals surface area contributed by atoms with Gasteiger partial charge in [0, 0.05) is 5.92 Å². The molecule has 3 rings (SSSR count). The Kier molecular flexibility index (Phi) is 0.876. The first-order valence-corrected chi connectivity index (χ1v) is 4.16. The Morgan fingerprint density at radius 1 is 1.45 bits per heavy atom. The molecule has 3 heteroatoms. The van der Waals surface area contributed by atoms with Crippen LogP contribution in [0.4, 0.5) is 0 Å². The van der Waals surface area contributed by atoms with Crippen LogP contribution in [0.5, 0.6) is 0 Å². The van der Waals surface area contributed by atoms with Gasteiger partial charge in [-0.15, -0.1) is 0 Å². The average molecular weight is 154 g/mol. The third-order valence-corrected chi connectivity index (χ3v) is 3.44. The predicted octanol–water partition coefficient (Wildman–Crippen LogP) is -0.0713. The molecule has 0 amide bonds. The topological polar surface area (TPSA) is 46.5 Å². The highest BCUT2D eigenvalue weighted by Crippen LogP contribution is 2.54. The number of hydrogen-bond donors (Lipinski definition) is 1. The first-order valence-electron chi connectivity index (χ1n) is 4.16. The van der Waals surface area contributed by atoms with E-state index in [1.54, 1.807) is 0 Å². The van der Waals surface area contributed by atoms with Gasteiger partial charge in [-0.2, -0.15) is 0 Å². The zero-order valence-electron chi connectivity index (χ0n) is 6.06. The molecule has 0 aromatic carbocycles.